The van der Waals surface area contributed by atoms with Crippen molar-refractivity contribution in [2.45, 2.75) is 50.9 Å². The molecule has 1 saturated heterocycles. The first-order chi connectivity index (χ1) is 16.3. The van der Waals surface area contributed by atoms with Crippen LogP contribution in [-0.4, -0.2) is 60.5 Å². The summed E-state index contributed by atoms with van der Waals surface area (Å²) in [4.78, 5) is 61.6. The minimum Gasteiger partial charge on any atom is -0.566 e. The molecule has 0 aromatic carbocycles. The van der Waals surface area contributed by atoms with Gasteiger partial charge in [0, 0.05) is 19.0 Å². The average Bonchev–Trinajstić information content (AvgIpc) is 3.25. The Labute approximate surface area is 195 Å². The van der Waals surface area contributed by atoms with E-state index >= 15 is 0 Å². The van der Waals surface area contributed by atoms with Gasteiger partial charge in [-0.25, -0.2) is 4.79 Å². The molecular formula is C19H27N4O10P. The zero-order valence-corrected chi connectivity index (χ0v) is 19.5. The van der Waals surface area contributed by atoms with Crippen LogP contribution in [0.4, 0.5) is 5.82 Å². The zero-order chi connectivity index (χ0) is 24.9. The number of amides is 1. The Morgan fingerprint density at radius 2 is 1.97 bits per heavy atom. The van der Waals surface area contributed by atoms with E-state index in [4.69, 9.17) is 14.2 Å². The molecule has 1 amide bonds. The molecule has 2 rings (SSSR count). The van der Waals surface area contributed by atoms with Crippen molar-refractivity contribution in [3.63, 3.8) is 0 Å². The molecule has 1 aliphatic rings. The van der Waals surface area contributed by atoms with Gasteiger partial charge in [-0.3, -0.25) is 19.0 Å². The number of rotatable bonds is 14. The summed E-state index contributed by atoms with van der Waals surface area (Å²) in [6, 6.07) is 1.40. The predicted molar refractivity (Wildman–Crippen MR) is 113 cm³/mol. The maximum Gasteiger partial charge on any atom is 0.488 e. The largest absolute Gasteiger partial charge is 0.566 e. The Bertz CT molecular complexity index is 925. The van der Waals surface area contributed by atoms with Gasteiger partial charge < -0.3 is 29.7 Å². The molecule has 2 heterocycles. The molecule has 15 heteroatoms. The van der Waals surface area contributed by atoms with Crippen molar-refractivity contribution in [3.05, 3.63) is 22.7 Å². The van der Waals surface area contributed by atoms with Crippen molar-refractivity contribution in [2.75, 3.05) is 32.3 Å². The van der Waals surface area contributed by atoms with Gasteiger partial charge in [0.25, 0.3) is 0 Å². The summed E-state index contributed by atoms with van der Waals surface area (Å²) in [6.45, 7) is 0.00343. The van der Waals surface area contributed by atoms with Crippen LogP contribution in [0.25, 0.3) is 0 Å². The summed E-state index contributed by atoms with van der Waals surface area (Å²) >= 11 is 0. The maximum atomic E-state index is 12.3. The van der Waals surface area contributed by atoms with Crippen molar-refractivity contribution in [3.8, 4) is 0 Å². The molecule has 34 heavy (non-hydrogen) atoms. The van der Waals surface area contributed by atoms with Gasteiger partial charge in [-0.15, -0.1) is 4.52 Å². The third kappa shape index (κ3) is 10.0. The number of ether oxygens (including phenoxy) is 3. The van der Waals surface area contributed by atoms with Crippen LogP contribution in [0.2, 0.25) is 0 Å². The van der Waals surface area contributed by atoms with Crippen molar-refractivity contribution < 1.29 is 42.6 Å². The van der Waals surface area contributed by atoms with Crippen molar-refractivity contribution >= 4 is 31.9 Å². The topological polar surface area (TPSA) is 187 Å². The fraction of sp³-hybridized carbons (Fsp3) is 0.632. The molecule has 1 aliphatic heterocycles. The Balaban J connectivity index is 1.70. The van der Waals surface area contributed by atoms with E-state index in [-0.39, 0.29) is 31.7 Å². The molecule has 1 fully saturated rings. The van der Waals surface area contributed by atoms with Crippen LogP contribution in [0.1, 0.15) is 44.8 Å². The lowest BCUT2D eigenvalue weighted by Crippen LogP contribution is -2.28. The van der Waals surface area contributed by atoms with Crippen molar-refractivity contribution in [1.82, 2.24) is 14.9 Å². The lowest BCUT2D eigenvalue weighted by molar-refractivity contribution is -0.188. The Morgan fingerprint density at radius 1 is 1.24 bits per heavy atom. The number of esters is 2. The molecule has 1 aromatic heterocycles. The second kappa shape index (κ2) is 14.5. The van der Waals surface area contributed by atoms with Gasteiger partial charge in [-0.05, 0) is 43.5 Å². The molecule has 14 nitrogen and oxygen atoms in total. The van der Waals surface area contributed by atoms with E-state index in [2.05, 4.69) is 20.1 Å². The molecule has 1 unspecified atom stereocenters. The molecule has 0 bridgehead atoms. The molecular weight excluding hydrogens is 475 g/mol. The van der Waals surface area contributed by atoms with E-state index in [1.165, 1.54) is 16.8 Å². The van der Waals surface area contributed by atoms with Crippen LogP contribution in [0, 0.1) is 0 Å². The first-order valence-electron chi connectivity index (χ1n) is 10.6. The maximum absolute atomic E-state index is 12.3. The van der Waals surface area contributed by atoms with Gasteiger partial charge in [0.2, 0.25) is 12.7 Å². The summed E-state index contributed by atoms with van der Waals surface area (Å²) in [7, 11) is -1.21. The van der Waals surface area contributed by atoms with Gasteiger partial charge in [-0.1, -0.05) is 0 Å². The number of nitrogens with one attached hydrogen (secondary N) is 2. The zero-order valence-electron chi connectivity index (χ0n) is 18.6. The molecule has 0 radical (unpaired) electrons. The fourth-order valence-corrected chi connectivity index (χ4v) is 3.28. The Hall–Kier alpha value is -2.77. The third-order valence-corrected chi connectivity index (χ3v) is 5.02. The van der Waals surface area contributed by atoms with Gasteiger partial charge in [0.1, 0.15) is 18.7 Å². The Morgan fingerprint density at radius 3 is 2.65 bits per heavy atom. The summed E-state index contributed by atoms with van der Waals surface area (Å²) in [6.07, 6.45) is 1.57. The highest BCUT2D eigenvalue weighted by Crippen LogP contribution is 2.28. The highest BCUT2D eigenvalue weighted by atomic mass is 31.1. The number of hydrogen-bond donors (Lipinski definition) is 2. The SMILES string of the molecule is CNCCCC(=O)OCOC(=O)CCC(=O)Nc1ccn([C@H]2CC[C@@H](CO[P+](=O)[O-])O2)c(=O)n1. The van der Waals surface area contributed by atoms with Gasteiger partial charge in [0.05, 0.1) is 12.5 Å². The summed E-state index contributed by atoms with van der Waals surface area (Å²) < 4.78 is 31.3. The third-order valence-electron chi connectivity index (χ3n) is 4.66. The van der Waals surface area contributed by atoms with E-state index < -0.39 is 50.9 Å². The molecule has 1 aromatic rings. The van der Waals surface area contributed by atoms with E-state index in [0.717, 1.165) is 0 Å². The molecule has 0 spiro atoms. The van der Waals surface area contributed by atoms with E-state index in [0.29, 0.717) is 25.8 Å². The van der Waals surface area contributed by atoms with Crippen LogP contribution in [0.5, 0.6) is 0 Å². The van der Waals surface area contributed by atoms with Gasteiger partial charge in [-0.2, -0.15) is 4.98 Å². The number of carbonyl (C=O) groups is 3. The number of anilines is 1. The fourth-order valence-electron chi connectivity index (χ4n) is 3.00. The molecule has 2 N–H and O–H groups in total. The highest BCUT2D eigenvalue weighted by Gasteiger charge is 2.29. The quantitative estimate of drug-likeness (QED) is 0.147. The standard InChI is InChI=1S/C19H27N4O10P/c1-20-9-2-3-17(25)30-12-31-18(26)7-5-15(24)21-14-8-10-23(19(27)22-14)16-6-4-13(33-16)11-32-34(28)29/h8,10,13,16,20H,2-7,9,11-12H2,1H3,(H,21,22,24,27)/t13-,16+/m0/s1. The normalized spacial score (nSPS) is 17.8. The van der Waals surface area contributed by atoms with Crippen LogP contribution in [0.3, 0.4) is 0 Å². The first-order valence-corrected chi connectivity index (χ1v) is 11.7. The lowest BCUT2D eigenvalue weighted by Gasteiger charge is -2.15. The number of carbonyl (C=O) groups excluding carboxylic acids is 3. The van der Waals surface area contributed by atoms with Gasteiger partial charge >= 0.3 is 25.9 Å². The van der Waals surface area contributed by atoms with Crippen LogP contribution < -0.4 is 21.2 Å². The van der Waals surface area contributed by atoms with Gasteiger partial charge in [0.15, 0.2) is 0 Å². The van der Waals surface area contributed by atoms with Crippen LogP contribution >= 0.6 is 8.25 Å². The van der Waals surface area contributed by atoms with Crippen LogP contribution in [-0.2, 0) is 37.7 Å². The minimum atomic E-state index is -2.97. The average molecular weight is 502 g/mol. The number of hydrogen-bond acceptors (Lipinski definition) is 12. The molecule has 0 saturated carbocycles. The number of nitrogens with zero attached hydrogens (tertiary/aromatic N) is 2. The van der Waals surface area contributed by atoms with Crippen molar-refractivity contribution in [2.24, 2.45) is 0 Å². The smallest absolute Gasteiger partial charge is 0.488 e. The second-order valence-corrected chi connectivity index (χ2v) is 7.92. The predicted octanol–water partition coefficient (Wildman–Crippen LogP) is -0.283. The molecule has 0 aliphatic carbocycles. The first kappa shape index (κ1) is 27.5. The minimum absolute atomic E-state index is 0.00338. The van der Waals surface area contributed by atoms with E-state index in [1.54, 1.807) is 7.05 Å². The summed E-state index contributed by atoms with van der Waals surface area (Å²) in [5.74, 6) is -1.78. The monoisotopic (exact) mass is 502 g/mol. The second-order valence-electron chi connectivity index (χ2n) is 7.22. The van der Waals surface area contributed by atoms with Crippen molar-refractivity contribution in [1.29, 1.82) is 0 Å². The van der Waals surface area contributed by atoms with E-state index in [1.807, 2.05) is 0 Å². The highest BCUT2D eigenvalue weighted by molar-refractivity contribution is 7.30. The molecule has 3 atom stereocenters. The van der Waals surface area contributed by atoms with Crippen LogP contribution in [0.15, 0.2) is 17.1 Å². The summed E-state index contributed by atoms with van der Waals surface area (Å²) in [5.41, 5.74) is -0.671. The number of aromatic nitrogens is 2. The lowest BCUT2D eigenvalue weighted by atomic mass is 10.2. The molecule has 188 valence electrons. The van der Waals surface area contributed by atoms with E-state index in [9.17, 15) is 28.6 Å². The summed E-state index contributed by atoms with van der Waals surface area (Å²) in [5, 5.41) is 5.30. The Kier molecular flexibility index (Phi) is 11.7.